The molecule has 2 heterocycles. The van der Waals surface area contributed by atoms with Gasteiger partial charge in [-0.3, -0.25) is 14.5 Å². The molecule has 1 aromatic rings. The monoisotopic (exact) mass is 392 g/mol. The van der Waals surface area contributed by atoms with E-state index in [1.807, 2.05) is 4.90 Å². The van der Waals surface area contributed by atoms with Gasteiger partial charge in [-0.25, -0.2) is 4.39 Å². The van der Waals surface area contributed by atoms with Gasteiger partial charge in [-0.1, -0.05) is 0 Å². The molecule has 1 aromatic carbocycles. The second kappa shape index (κ2) is 9.84. The molecule has 2 aliphatic heterocycles. The fourth-order valence-electron chi connectivity index (χ4n) is 3.56. The van der Waals surface area contributed by atoms with E-state index in [9.17, 15) is 14.0 Å². The lowest BCUT2D eigenvalue weighted by Gasteiger charge is -2.37. The van der Waals surface area contributed by atoms with Crippen molar-refractivity contribution in [2.75, 3.05) is 77.0 Å². The highest BCUT2D eigenvalue weighted by atomic mass is 19.1. The highest BCUT2D eigenvalue weighted by Crippen LogP contribution is 2.17. The van der Waals surface area contributed by atoms with E-state index in [2.05, 4.69) is 9.80 Å². The van der Waals surface area contributed by atoms with Gasteiger partial charge >= 0.3 is 0 Å². The number of ether oxygens (including phenoxy) is 1. The molecule has 0 saturated carbocycles. The van der Waals surface area contributed by atoms with Crippen molar-refractivity contribution in [1.82, 2.24) is 14.7 Å². The molecular weight excluding hydrogens is 363 g/mol. The van der Waals surface area contributed by atoms with Gasteiger partial charge in [0.2, 0.25) is 11.8 Å². The van der Waals surface area contributed by atoms with Crippen LogP contribution in [0.25, 0.3) is 0 Å². The number of hydrogen-bond donors (Lipinski definition) is 0. The largest absolute Gasteiger partial charge is 0.379 e. The molecule has 0 aliphatic carbocycles. The van der Waals surface area contributed by atoms with Crippen LogP contribution in [0.15, 0.2) is 24.3 Å². The standard InChI is InChI=1S/C20H29FN4O3/c1-17(26)25(7-6-22-12-14-28-15-13-22)16-20(27)24-10-8-23(9-11-24)19-4-2-18(21)3-5-19/h2-5H,6-16H2,1H3. The Morgan fingerprint density at radius 3 is 2.29 bits per heavy atom. The molecular formula is C20H29FN4O3. The minimum Gasteiger partial charge on any atom is -0.379 e. The number of amides is 2. The van der Waals surface area contributed by atoms with Crippen LogP contribution in [0.2, 0.25) is 0 Å². The maximum atomic E-state index is 13.1. The molecule has 7 nitrogen and oxygen atoms in total. The first-order chi connectivity index (χ1) is 13.5. The number of hydrogen-bond acceptors (Lipinski definition) is 5. The third-order valence-corrected chi connectivity index (χ3v) is 5.39. The van der Waals surface area contributed by atoms with Crippen molar-refractivity contribution < 1.29 is 18.7 Å². The van der Waals surface area contributed by atoms with Crippen LogP contribution in [-0.2, 0) is 14.3 Å². The van der Waals surface area contributed by atoms with E-state index >= 15 is 0 Å². The Balaban J connectivity index is 1.46. The quantitative estimate of drug-likeness (QED) is 0.712. The topological polar surface area (TPSA) is 56.3 Å². The summed E-state index contributed by atoms with van der Waals surface area (Å²) in [5.74, 6) is -0.346. The van der Waals surface area contributed by atoms with E-state index in [4.69, 9.17) is 4.74 Å². The zero-order chi connectivity index (χ0) is 19.9. The maximum absolute atomic E-state index is 13.1. The SMILES string of the molecule is CC(=O)N(CCN1CCOCC1)CC(=O)N1CCN(c2ccc(F)cc2)CC1. The van der Waals surface area contributed by atoms with Crippen LogP contribution in [0.3, 0.4) is 0 Å². The second-order valence-corrected chi connectivity index (χ2v) is 7.24. The van der Waals surface area contributed by atoms with Gasteiger partial charge < -0.3 is 19.4 Å². The van der Waals surface area contributed by atoms with Gasteiger partial charge in [0, 0.05) is 65.0 Å². The fourth-order valence-corrected chi connectivity index (χ4v) is 3.56. The number of halogens is 1. The minimum atomic E-state index is -0.251. The summed E-state index contributed by atoms with van der Waals surface area (Å²) in [4.78, 5) is 32.5. The summed E-state index contributed by atoms with van der Waals surface area (Å²) in [5, 5.41) is 0. The molecule has 0 N–H and O–H groups in total. The van der Waals surface area contributed by atoms with Crippen LogP contribution in [0.5, 0.6) is 0 Å². The molecule has 0 aromatic heterocycles. The van der Waals surface area contributed by atoms with Crippen LogP contribution in [-0.4, -0.2) is 98.6 Å². The summed E-state index contributed by atoms with van der Waals surface area (Å²) < 4.78 is 18.4. The zero-order valence-electron chi connectivity index (χ0n) is 16.5. The third-order valence-electron chi connectivity index (χ3n) is 5.39. The maximum Gasteiger partial charge on any atom is 0.242 e. The fraction of sp³-hybridized carbons (Fsp3) is 0.600. The molecule has 2 amide bonds. The highest BCUT2D eigenvalue weighted by molar-refractivity contribution is 5.84. The first-order valence-corrected chi connectivity index (χ1v) is 9.87. The van der Waals surface area contributed by atoms with Gasteiger partial charge in [-0.2, -0.15) is 0 Å². The summed E-state index contributed by atoms with van der Waals surface area (Å²) in [5.41, 5.74) is 0.962. The van der Waals surface area contributed by atoms with Crippen LogP contribution < -0.4 is 4.90 Å². The second-order valence-electron chi connectivity index (χ2n) is 7.24. The molecule has 0 atom stereocenters. The van der Waals surface area contributed by atoms with Crippen molar-refractivity contribution >= 4 is 17.5 Å². The van der Waals surface area contributed by atoms with Gasteiger partial charge in [-0.05, 0) is 24.3 Å². The Labute approximate surface area is 165 Å². The zero-order valence-corrected chi connectivity index (χ0v) is 16.5. The van der Waals surface area contributed by atoms with Gasteiger partial charge in [0.15, 0.2) is 0 Å². The number of carbonyl (C=O) groups excluding carboxylic acids is 2. The molecule has 2 saturated heterocycles. The van der Waals surface area contributed by atoms with E-state index < -0.39 is 0 Å². The smallest absolute Gasteiger partial charge is 0.242 e. The van der Waals surface area contributed by atoms with Gasteiger partial charge in [0.1, 0.15) is 5.82 Å². The number of anilines is 1. The third kappa shape index (κ3) is 5.65. The lowest BCUT2D eigenvalue weighted by Crippen LogP contribution is -2.52. The van der Waals surface area contributed by atoms with E-state index in [0.29, 0.717) is 32.7 Å². The lowest BCUT2D eigenvalue weighted by atomic mass is 10.2. The van der Waals surface area contributed by atoms with Crippen LogP contribution in [0, 0.1) is 5.82 Å². The van der Waals surface area contributed by atoms with Gasteiger partial charge in [0.05, 0.1) is 19.8 Å². The van der Waals surface area contributed by atoms with E-state index in [1.54, 1.807) is 17.0 Å². The van der Waals surface area contributed by atoms with Crippen molar-refractivity contribution in [3.8, 4) is 0 Å². The first kappa shape index (κ1) is 20.5. The summed E-state index contributed by atoms with van der Waals surface area (Å²) in [6.07, 6.45) is 0. The highest BCUT2D eigenvalue weighted by Gasteiger charge is 2.24. The molecule has 28 heavy (non-hydrogen) atoms. The van der Waals surface area contributed by atoms with Gasteiger partial charge in [-0.15, -0.1) is 0 Å². The molecule has 0 spiro atoms. The van der Waals surface area contributed by atoms with Crippen LogP contribution in [0.4, 0.5) is 10.1 Å². The van der Waals surface area contributed by atoms with Crippen molar-refractivity contribution in [3.05, 3.63) is 30.1 Å². The number of nitrogens with zero attached hydrogens (tertiary/aromatic N) is 4. The minimum absolute atomic E-state index is 0.0177. The average Bonchev–Trinajstić information content (AvgIpc) is 2.72. The van der Waals surface area contributed by atoms with Crippen LogP contribution in [0.1, 0.15) is 6.92 Å². The van der Waals surface area contributed by atoms with Crippen molar-refractivity contribution in [3.63, 3.8) is 0 Å². The summed E-state index contributed by atoms with van der Waals surface area (Å²) in [6, 6.07) is 6.42. The van der Waals surface area contributed by atoms with Crippen molar-refractivity contribution in [2.45, 2.75) is 6.92 Å². The normalized spacial score (nSPS) is 18.2. The molecule has 8 heteroatoms. The summed E-state index contributed by atoms with van der Waals surface area (Å²) in [7, 11) is 0. The Morgan fingerprint density at radius 2 is 1.68 bits per heavy atom. The number of morpholine rings is 1. The Bertz CT molecular complexity index is 656. The number of carbonyl (C=O) groups is 2. The Morgan fingerprint density at radius 1 is 1.04 bits per heavy atom. The predicted octanol–water partition coefficient (Wildman–Crippen LogP) is 0.655. The summed E-state index contributed by atoms with van der Waals surface area (Å²) >= 11 is 0. The number of rotatable bonds is 6. The van der Waals surface area contributed by atoms with E-state index in [0.717, 1.165) is 38.5 Å². The van der Waals surface area contributed by atoms with Crippen molar-refractivity contribution in [2.24, 2.45) is 0 Å². The average molecular weight is 392 g/mol. The molecule has 2 aliphatic rings. The molecule has 2 fully saturated rings. The molecule has 3 rings (SSSR count). The predicted molar refractivity (Wildman–Crippen MR) is 105 cm³/mol. The Hall–Kier alpha value is -2.19. The van der Waals surface area contributed by atoms with E-state index in [1.165, 1.54) is 19.1 Å². The Kier molecular flexibility index (Phi) is 7.22. The lowest BCUT2D eigenvalue weighted by molar-refractivity contribution is -0.139. The van der Waals surface area contributed by atoms with Gasteiger partial charge in [0.25, 0.3) is 0 Å². The summed E-state index contributed by atoms with van der Waals surface area (Å²) in [6.45, 7) is 8.72. The number of benzene rings is 1. The van der Waals surface area contributed by atoms with E-state index in [-0.39, 0.29) is 24.2 Å². The molecule has 0 radical (unpaired) electrons. The first-order valence-electron chi connectivity index (χ1n) is 9.87. The van der Waals surface area contributed by atoms with Crippen molar-refractivity contribution in [1.29, 1.82) is 0 Å². The van der Waals surface area contributed by atoms with Crippen LogP contribution >= 0.6 is 0 Å². The molecule has 154 valence electrons. The molecule has 0 bridgehead atoms. The number of piperazine rings is 1. The molecule has 0 unspecified atom stereocenters.